The van der Waals surface area contributed by atoms with Gasteiger partial charge < -0.3 is 14.0 Å². The molecule has 5 nitrogen and oxygen atoms in total. The molecular weight excluding hydrogens is 296 g/mol. The van der Waals surface area contributed by atoms with E-state index in [0.717, 1.165) is 13.2 Å². The maximum atomic E-state index is 13.9. The van der Waals surface area contributed by atoms with Gasteiger partial charge in [-0.1, -0.05) is 0 Å². The van der Waals surface area contributed by atoms with E-state index < -0.39 is 28.8 Å². The Hall–Kier alpha value is -2.44. The van der Waals surface area contributed by atoms with Crippen molar-refractivity contribution in [2.75, 3.05) is 13.7 Å². The average molecular weight is 311 g/mol. The molecule has 0 N–H and O–H groups in total. The van der Waals surface area contributed by atoms with Gasteiger partial charge in [-0.2, -0.15) is 4.39 Å². The first kappa shape index (κ1) is 15.9. The van der Waals surface area contributed by atoms with Crippen LogP contribution in [0.1, 0.15) is 24.2 Å². The van der Waals surface area contributed by atoms with E-state index in [1.54, 1.807) is 13.8 Å². The summed E-state index contributed by atoms with van der Waals surface area (Å²) in [5.41, 5.74) is -0.856. The lowest BCUT2D eigenvalue weighted by molar-refractivity contribution is 0.0524. The maximum Gasteiger partial charge on any atom is 0.343 e. The lowest BCUT2D eigenvalue weighted by Crippen LogP contribution is -2.21. The predicted octanol–water partition coefficient (Wildman–Crippen LogP) is 2.48. The van der Waals surface area contributed by atoms with Crippen molar-refractivity contribution in [1.82, 2.24) is 4.57 Å². The highest BCUT2D eigenvalue weighted by molar-refractivity contribution is 5.95. The summed E-state index contributed by atoms with van der Waals surface area (Å²) >= 11 is 0. The third-order valence-corrected chi connectivity index (χ3v) is 3.26. The van der Waals surface area contributed by atoms with Gasteiger partial charge in [0.2, 0.25) is 11.2 Å². The fourth-order valence-electron chi connectivity index (χ4n) is 2.26. The molecule has 0 saturated heterocycles. The van der Waals surface area contributed by atoms with E-state index in [4.69, 9.17) is 9.47 Å². The predicted molar refractivity (Wildman–Crippen MR) is 76.3 cm³/mol. The van der Waals surface area contributed by atoms with E-state index in [9.17, 15) is 18.4 Å². The smallest absolute Gasteiger partial charge is 0.343 e. The molecule has 0 atom stereocenters. The lowest BCUT2D eigenvalue weighted by Gasteiger charge is -2.14. The average Bonchev–Trinajstić information content (AvgIpc) is 2.49. The number of benzene rings is 1. The molecule has 0 fully saturated rings. The third-order valence-electron chi connectivity index (χ3n) is 3.26. The Morgan fingerprint density at radius 2 is 2.00 bits per heavy atom. The zero-order valence-electron chi connectivity index (χ0n) is 12.4. The fraction of sp³-hybridized carbons (Fsp3) is 0.333. The second-order valence-corrected chi connectivity index (χ2v) is 4.48. The summed E-state index contributed by atoms with van der Waals surface area (Å²) < 4.78 is 38.6. The number of rotatable bonds is 4. The number of carbonyl (C=O) groups is 1. The van der Waals surface area contributed by atoms with Crippen LogP contribution in [-0.2, 0) is 11.3 Å². The molecule has 1 aromatic heterocycles. The van der Waals surface area contributed by atoms with Crippen LogP contribution in [0.2, 0.25) is 0 Å². The molecule has 22 heavy (non-hydrogen) atoms. The highest BCUT2D eigenvalue weighted by atomic mass is 19.2. The molecule has 0 aliphatic rings. The Morgan fingerprint density at radius 1 is 1.32 bits per heavy atom. The molecule has 0 radical (unpaired) electrons. The number of ether oxygens (including phenoxy) is 2. The number of hydrogen-bond acceptors (Lipinski definition) is 4. The van der Waals surface area contributed by atoms with Gasteiger partial charge in [0.1, 0.15) is 5.56 Å². The van der Waals surface area contributed by atoms with Crippen molar-refractivity contribution < 1.29 is 23.0 Å². The molecule has 1 aromatic carbocycles. The highest BCUT2D eigenvalue weighted by Gasteiger charge is 2.23. The Kier molecular flexibility index (Phi) is 4.44. The van der Waals surface area contributed by atoms with Crippen LogP contribution in [0.5, 0.6) is 5.75 Å². The summed E-state index contributed by atoms with van der Waals surface area (Å²) in [5.74, 6) is -3.73. The first-order valence-electron chi connectivity index (χ1n) is 6.72. The number of aryl methyl sites for hydroxylation is 1. The molecule has 2 aromatic rings. The van der Waals surface area contributed by atoms with E-state index in [-0.39, 0.29) is 23.1 Å². The van der Waals surface area contributed by atoms with Crippen LogP contribution in [0.4, 0.5) is 8.78 Å². The summed E-state index contributed by atoms with van der Waals surface area (Å²) in [4.78, 5) is 24.4. The van der Waals surface area contributed by atoms with Gasteiger partial charge in [-0.25, -0.2) is 9.18 Å². The minimum atomic E-state index is -1.27. The topological polar surface area (TPSA) is 57.5 Å². The highest BCUT2D eigenvalue weighted by Crippen LogP contribution is 2.29. The van der Waals surface area contributed by atoms with Gasteiger partial charge in [0.15, 0.2) is 11.6 Å². The quantitative estimate of drug-likeness (QED) is 0.814. The second kappa shape index (κ2) is 6.13. The summed E-state index contributed by atoms with van der Waals surface area (Å²) in [7, 11) is 1.13. The Bertz CT molecular complexity index is 798. The zero-order chi connectivity index (χ0) is 16.4. The summed E-state index contributed by atoms with van der Waals surface area (Å²) in [6.45, 7) is 3.79. The normalized spacial score (nSPS) is 10.8. The first-order chi connectivity index (χ1) is 10.5. The largest absolute Gasteiger partial charge is 0.493 e. The fourth-order valence-corrected chi connectivity index (χ4v) is 2.26. The number of pyridine rings is 1. The van der Waals surface area contributed by atoms with Gasteiger partial charge in [-0.05, 0) is 13.8 Å². The van der Waals surface area contributed by atoms with Gasteiger partial charge in [0.25, 0.3) is 0 Å². The van der Waals surface area contributed by atoms with E-state index >= 15 is 0 Å². The molecule has 0 amide bonds. The number of methoxy groups -OCH3 is 1. The van der Waals surface area contributed by atoms with E-state index in [1.807, 2.05) is 0 Å². The molecule has 0 spiro atoms. The number of esters is 1. The Balaban J connectivity index is 2.95. The van der Waals surface area contributed by atoms with Crippen molar-refractivity contribution in [3.8, 4) is 5.75 Å². The summed E-state index contributed by atoms with van der Waals surface area (Å²) in [5, 5.41) is -0.186. The molecule has 0 aliphatic carbocycles. The summed E-state index contributed by atoms with van der Waals surface area (Å²) in [6.07, 6.45) is 1.28. The van der Waals surface area contributed by atoms with Crippen molar-refractivity contribution in [1.29, 1.82) is 0 Å². The van der Waals surface area contributed by atoms with Crippen LogP contribution in [0.3, 0.4) is 0 Å². The number of halogens is 2. The molecule has 0 unspecified atom stereocenters. The number of carbonyl (C=O) groups excluding carboxylic acids is 1. The van der Waals surface area contributed by atoms with Gasteiger partial charge in [0, 0.05) is 18.8 Å². The van der Waals surface area contributed by atoms with Crippen LogP contribution in [0.15, 0.2) is 17.1 Å². The van der Waals surface area contributed by atoms with Crippen LogP contribution >= 0.6 is 0 Å². The molecule has 1 heterocycles. The number of aromatic nitrogens is 1. The SMILES string of the molecule is CCOC(=O)c1cn(CC)c2cc(F)c(F)c(OC)c2c1=O. The number of hydrogen-bond donors (Lipinski definition) is 0. The molecular formula is C15H15F2NO4. The van der Waals surface area contributed by atoms with Gasteiger partial charge in [-0.3, -0.25) is 4.79 Å². The van der Waals surface area contributed by atoms with Crippen LogP contribution in [0, 0.1) is 11.6 Å². The van der Waals surface area contributed by atoms with Crippen molar-refractivity contribution in [3.05, 3.63) is 39.7 Å². The van der Waals surface area contributed by atoms with Crippen molar-refractivity contribution >= 4 is 16.9 Å². The van der Waals surface area contributed by atoms with Crippen molar-refractivity contribution in [3.63, 3.8) is 0 Å². The van der Waals surface area contributed by atoms with Crippen molar-refractivity contribution in [2.24, 2.45) is 0 Å². The first-order valence-corrected chi connectivity index (χ1v) is 6.72. The van der Waals surface area contributed by atoms with Crippen molar-refractivity contribution in [2.45, 2.75) is 20.4 Å². The minimum Gasteiger partial charge on any atom is -0.493 e. The Morgan fingerprint density at radius 3 is 2.55 bits per heavy atom. The molecule has 2 rings (SSSR count). The molecule has 0 saturated carbocycles. The monoisotopic (exact) mass is 311 g/mol. The number of fused-ring (bicyclic) bond motifs is 1. The van der Waals surface area contributed by atoms with E-state index in [0.29, 0.717) is 6.54 Å². The van der Waals surface area contributed by atoms with Gasteiger partial charge in [-0.15, -0.1) is 0 Å². The van der Waals surface area contributed by atoms with E-state index in [1.165, 1.54) is 10.8 Å². The zero-order valence-corrected chi connectivity index (χ0v) is 12.4. The third kappa shape index (κ3) is 2.43. The van der Waals surface area contributed by atoms with Crippen LogP contribution < -0.4 is 10.2 Å². The standard InChI is InChI=1S/C15H15F2NO4/c1-4-18-7-8(15(20)22-5-2)13(19)11-10(18)6-9(16)12(17)14(11)21-3/h6-7H,4-5H2,1-3H3. The number of nitrogens with zero attached hydrogens (tertiary/aromatic N) is 1. The van der Waals surface area contributed by atoms with Crippen LogP contribution in [0.25, 0.3) is 10.9 Å². The Labute approximate surface area is 125 Å². The minimum absolute atomic E-state index is 0.0946. The molecule has 0 bridgehead atoms. The molecule has 0 aliphatic heterocycles. The van der Waals surface area contributed by atoms with Gasteiger partial charge >= 0.3 is 5.97 Å². The molecule has 7 heteroatoms. The maximum absolute atomic E-state index is 13.9. The van der Waals surface area contributed by atoms with Gasteiger partial charge in [0.05, 0.1) is 24.6 Å². The van der Waals surface area contributed by atoms with E-state index in [2.05, 4.69) is 0 Å². The lowest BCUT2D eigenvalue weighted by atomic mass is 10.1. The second-order valence-electron chi connectivity index (χ2n) is 4.48. The summed E-state index contributed by atoms with van der Waals surface area (Å²) in [6, 6.07) is 0.910. The molecule has 118 valence electrons. The van der Waals surface area contributed by atoms with Crippen LogP contribution in [-0.4, -0.2) is 24.3 Å².